The Kier molecular flexibility index (Phi) is 7.37. The first-order valence-corrected chi connectivity index (χ1v) is 9.32. The highest BCUT2D eigenvalue weighted by molar-refractivity contribution is 6.30. The largest absolute Gasteiger partial charge is 0.462 e. The smallest absolute Gasteiger partial charge is 0.344 e. The molecule has 1 heterocycles. The molecular weight excluding hydrogens is 384 g/mol. The number of aryl methyl sites for hydroxylation is 1. The molecule has 0 saturated heterocycles. The molecule has 28 heavy (non-hydrogen) atoms. The molecule has 0 spiro atoms. The van der Waals surface area contributed by atoms with Crippen molar-refractivity contribution < 1.29 is 28.9 Å². The quantitative estimate of drug-likeness (QED) is 0.517. The highest BCUT2D eigenvalue weighted by Crippen LogP contribution is 2.28. The number of nitrogens with one attached hydrogen (secondary N) is 1. The van der Waals surface area contributed by atoms with Crippen molar-refractivity contribution in [3.05, 3.63) is 51.7 Å². The number of anilines is 1. The van der Waals surface area contributed by atoms with Crippen LogP contribution < -0.4 is 10.6 Å². The molecular formula is C20H24ClN2O5+. The molecule has 0 fully saturated rings. The summed E-state index contributed by atoms with van der Waals surface area (Å²) in [5, 5.41) is 5.06. The second kappa shape index (κ2) is 9.52. The standard InChI is InChI=1S/C20H23ClN2O5/c1-5-27-20(26)18-17(12(3)24)13(4)28-19(18)23-16(25)10-22-11(2)14-6-8-15(21)9-7-14/h6-9,11,22H,5,10H2,1-4H3,(H,23,25)/p+1/t11-/m1/s1. The number of benzene rings is 1. The number of furan rings is 1. The Balaban J connectivity index is 2.10. The second-order valence-electron chi connectivity index (χ2n) is 6.34. The van der Waals surface area contributed by atoms with Gasteiger partial charge < -0.3 is 14.5 Å². The van der Waals surface area contributed by atoms with Gasteiger partial charge in [-0.15, -0.1) is 0 Å². The van der Waals surface area contributed by atoms with Gasteiger partial charge in [0.15, 0.2) is 12.3 Å². The molecule has 0 saturated carbocycles. The summed E-state index contributed by atoms with van der Waals surface area (Å²) >= 11 is 5.89. The Labute approximate surface area is 168 Å². The van der Waals surface area contributed by atoms with Crippen molar-refractivity contribution in [2.45, 2.75) is 33.7 Å². The molecule has 3 N–H and O–H groups in total. The van der Waals surface area contributed by atoms with Gasteiger partial charge in [-0.25, -0.2) is 4.79 Å². The fourth-order valence-electron chi connectivity index (χ4n) is 2.82. The predicted octanol–water partition coefficient (Wildman–Crippen LogP) is 2.88. The molecule has 0 bridgehead atoms. The fraction of sp³-hybridized carbons (Fsp3) is 0.350. The van der Waals surface area contributed by atoms with E-state index < -0.39 is 5.97 Å². The first-order chi connectivity index (χ1) is 13.2. The maximum absolute atomic E-state index is 12.4. The number of halogens is 1. The van der Waals surface area contributed by atoms with E-state index in [-0.39, 0.29) is 53.7 Å². The first-order valence-electron chi connectivity index (χ1n) is 8.94. The minimum atomic E-state index is -0.710. The van der Waals surface area contributed by atoms with Crippen LogP contribution >= 0.6 is 11.6 Å². The van der Waals surface area contributed by atoms with Crippen molar-refractivity contribution in [1.82, 2.24) is 0 Å². The minimum absolute atomic E-state index is 0.0265. The van der Waals surface area contributed by atoms with Gasteiger partial charge >= 0.3 is 5.97 Å². The van der Waals surface area contributed by atoms with Crippen molar-refractivity contribution in [2.24, 2.45) is 0 Å². The molecule has 2 aromatic rings. The zero-order chi connectivity index (χ0) is 20.8. The van der Waals surface area contributed by atoms with E-state index in [9.17, 15) is 14.4 Å². The molecule has 8 heteroatoms. The molecule has 1 atom stereocenters. The lowest BCUT2D eigenvalue weighted by Crippen LogP contribution is -2.86. The van der Waals surface area contributed by atoms with Crippen molar-refractivity contribution in [3.63, 3.8) is 0 Å². The van der Waals surface area contributed by atoms with Crippen LogP contribution in [0.5, 0.6) is 0 Å². The molecule has 150 valence electrons. The molecule has 0 aliphatic heterocycles. The van der Waals surface area contributed by atoms with E-state index in [4.69, 9.17) is 20.8 Å². The lowest BCUT2D eigenvalue weighted by molar-refractivity contribution is -0.682. The second-order valence-corrected chi connectivity index (χ2v) is 6.78. The van der Waals surface area contributed by atoms with Crippen molar-refractivity contribution in [2.75, 3.05) is 18.5 Å². The van der Waals surface area contributed by atoms with Gasteiger partial charge in [-0.1, -0.05) is 23.7 Å². The SMILES string of the molecule is CCOC(=O)c1c(NC(=O)C[NH2+][C@H](C)c2ccc(Cl)cc2)oc(C)c1C(C)=O. The van der Waals surface area contributed by atoms with Gasteiger partial charge in [-0.05, 0) is 39.8 Å². The number of ketones is 1. The Morgan fingerprint density at radius 2 is 1.86 bits per heavy atom. The van der Waals surface area contributed by atoms with Crippen LogP contribution in [0.15, 0.2) is 28.7 Å². The Hall–Kier alpha value is -2.64. The molecule has 2 rings (SSSR count). The summed E-state index contributed by atoms with van der Waals surface area (Å²) in [4.78, 5) is 36.5. The third kappa shape index (κ3) is 5.21. The van der Waals surface area contributed by atoms with E-state index in [1.165, 1.54) is 6.92 Å². The van der Waals surface area contributed by atoms with Crippen LogP contribution in [0.2, 0.25) is 5.02 Å². The Morgan fingerprint density at radius 3 is 2.43 bits per heavy atom. The molecule has 0 unspecified atom stereocenters. The number of carbonyl (C=O) groups is 3. The Morgan fingerprint density at radius 1 is 1.21 bits per heavy atom. The van der Waals surface area contributed by atoms with Crippen LogP contribution in [0.25, 0.3) is 0 Å². The van der Waals surface area contributed by atoms with Crippen molar-refractivity contribution in [3.8, 4) is 0 Å². The zero-order valence-corrected chi connectivity index (χ0v) is 17.1. The molecule has 7 nitrogen and oxygen atoms in total. The molecule has 1 amide bonds. The van der Waals surface area contributed by atoms with E-state index in [1.54, 1.807) is 26.0 Å². The number of Topliss-reactive ketones (excluding diaryl/α,β-unsaturated/α-hetero) is 1. The Bertz CT molecular complexity index is 873. The number of esters is 1. The lowest BCUT2D eigenvalue weighted by Gasteiger charge is -2.11. The molecule has 1 aromatic carbocycles. The number of hydrogen-bond acceptors (Lipinski definition) is 5. The van der Waals surface area contributed by atoms with Gasteiger partial charge in [0.1, 0.15) is 17.4 Å². The number of nitrogens with two attached hydrogens (primary N) is 1. The van der Waals surface area contributed by atoms with E-state index >= 15 is 0 Å². The number of quaternary nitrogens is 1. The maximum atomic E-state index is 12.4. The van der Waals surface area contributed by atoms with Gasteiger partial charge in [0, 0.05) is 10.6 Å². The van der Waals surface area contributed by atoms with Crippen molar-refractivity contribution in [1.29, 1.82) is 0 Å². The lowest BCUT2D eigenvalue weighted by atomic mass is 10.1. The molecule has 0 radical (unpaired) electrons. The fourth-order valence-corrected chi connectivity index (χ4v) is 2.94. The number of ether oxygens (including phenoxy) is 1. The van der Waals surface area contributed by atoms with Crippen LogP contribution in [0.3, 0.4) is 0 Å². The molecule has 0 aliphatic rings. The number of rotatable bonds is 8. The summed E-state index contributed by atoms with van der Waals surface area (Å²) in [6.45, 7) is 6.74. The van der Waals surface area contributed by atoms with Gasteiger partial charge in [-0.3, -0.25) is 14.9 Å². The molecule has 0 aliphatic carbocycles. The summed E-state index contributed by atoms with van der Waals surface area (Å²) in [6, 6.07) is 7.41. The number of amides is 1. The normalized spacial score (nSPS) is 11.8. The van der Waals surface area contributed by atoms with Gasteiger partial charge in [0.25, 0.3) is 5.91 Å². The maximum Gasteiger partial charge on any atom is 0.344 e. The van der Waals surface area contributed by atoms with E-state index in [1.807, 2.05) is 24.4 Å². The number of carbonyl (C=O) groups excluding carboxylic acids is 3. The summed E-state index contributed by atoms with van der Waals surface area (Å²) in [6.07, 6.45) is 0. The molecule has 1 aromatic heterocycles. The van der Waals surface area contributed by atoms with E-state index in [2.05, 4.69) is 5.32 Å². The highest BCUT2D eigenvalue weighted by Gasteiger charge is 2.29. The average Bonchev–Trinajstić information content (AvgIpc) is 2.96. The topological polar surface area (TPSA) is 102 Å². The summed E-state index contributed by atoms with van der Waals surface area (Å²) in [7, 11) is 0. The average molecular weight is 408 g/mol. The predicted molar refractivity (Wildman–Crippen MR) is 105 cm³/mol. The zero-order valence-electron chi connectivity index (χ0n) is 16.3. The third-order valence-electron chi connectivity index (χ3n) is 4.22. The van der Waals surface area contributed by atoms with Crippen LogP contribution in [0, 0.1) is 6.92 Å². The van der Waals surface area contributed by atoms with E-state index in [0.717, 1.165) is 5.56 Å². The summed E-state index contributed by atoms with van der Waals surface area (Å²) < 4.78 is 10.5. The summed E-state index contributed by atoms with van der Waals surface area (Å²) in [5.41, 5.74) is 1.09. The van der Waals surface area contributed by atoms with Crippen LogP contribution in [0.4, 0.5) is 5.88 Å². The third-order valence-corrected chi connectivity index (χ3v) is 4.47. The van der Waals surface area contributed by atoms with Gasteiger partial charge in [0.05, 0.1) is 12.2 Å². The van der Waals surface area contributed by atoms with E-state index in [0.29, 0.717) is 5.02 Å². The van der Waals surface area contributed by atoms with Crippen LogP contribution in [0.1, 0.15) is 58.9 Å². The monoisotopic (exact) mass is 407 g/mol. The highest BCUT2D eigenvalue weighted by atomic mass is 35.5. The number of hydrogen-bond donors (Lipinski definition) is 2. The van der Waals surface area contributed by atoms with Crippen molar-refractivity contribution >= 4 is 35.1 Å². The van der Waals surface area contributed by atoms with Crippen LogP contribution in [-0.2, 0) is 9.53 Å². The van der Waals surface area contributed by atoms with Crippen LogP contribution in [-0.4, -0.2) is 30.8 Å². The van der Waals surface area contributed by atoms with Gasteiger partial charge in [0.2, 0.25) is 5.88 Å². The summed E-state index contributed by atoms with van der Waals surface area (Å²) in [5.74, 6) is -1.23. The minimum Gasteiger partial charge on any atom is -0.462 e. The van der Waals surface area contributed by atoms with Gasteiger partial charge in [-0.2, -0.15) is 0 Å². The first kappa shape index (κ1) is 21.7.